The van der Waals surface area contributed by atoms with Crippen molar-refractivity contribution < 1.29 is 5.11 Å². The first-order valence-electron chi connectivity index (χ1n) is 3.53. The fraction of sp³-hybridized carbons (Fsp3) is 0.571. The largest absolute Gasteiger partial charge is 0.386 e. The highest BCUT2D eigenvalue weighted by Crippen LogP contribution is 2.23. The van der Waals surface area contributed by atoms with Gasteiger partial charge < -0.3 is 5.11 Å². The van der Waals surface area contributed by atoms with Gasteiger partial charge in [-0.3, -0.25) is 0 Å². The summed E-state index contributed by atoms with van der Waals surface area (Å²) in [6, 6.07) is 0. The Morgan fingerprint density at radius 1 is 1.82 bits per heavy atom. The lowest BCUT2D eigenvalue weighted by Gasteiger charge is -2.02. The maximum atomic E-state index is 9.46. The van der Waals surface area contributed by atoms with Gasteiger partial charge in [0.15, 0.2) is 0 Å². The Morgan fingerprint density at radius 2 is 2.55 bits per heavy atom. The summed E-state index contributed by atoms with van der Waals surface area (Å²) in [7, 11) is 0. The average molecular weight is 236 g/mol. The van der Waals surface area contributed by atoms with Crippen molar-refractivity contribution in [3.05, 3.63) is 15.0 Å². The standard InChI is InChI=1S/C7H10BrNOS/c1-2-3-5(10)7-9-6(8)4-11-7/h4-5,10H,2-3H2,1H3. The summed E-state index contributed by atoms with van der Waals surface area (Å²) in [4.78, 5) is 4.11. The van der Waals surface area contributed by atoms with Gasteiger partial charge in [-0.05, 0) is 22.4 Å². The maximum Gasteiger partial charge on any atom is 0.123 e. The summed E-state index contributed by atoms with van der Waals surface area (Å²) in [5.41, 5.74) is 0. The van der Waals surface area contributed by atoms with Crippen molar-refractivity contribution in [2.45, 2.75) is 25.9 Å². The lowest BCUT2D eigenvalue weighted by molar-refractivity contribution is 0.166. The summed E-state index contributed by atoms with van der Waals surface area (Å²) in [6.07, 6.45) is 1.40. The van der Waals surface area contributed by atoms with Crippen molar-refractivity contribution in [3.63, 3.8) is 0 Å². The zero-order valence-corrected chi connectivity index (χ0v) is 8.65. The number of hydrogen-bond donors (Lipinski definition) is 1. The van der Waals surface area contributed by atoms with Crippen LogP contribution in [0.25, 0.3) is 0 Å². The average Bonchev–Trinajstić information content (AvgIpc) is 2.36. The molecule has 1 unspecified atom stereocenters. The Kier molecular flexibility index (Phi) is 3.48. The van der Waals surface area contributed by atoms with Gasteiger partial charge in [0, 0.05) is 5.38 Å². The zero-order valence-electron chi connectivity index (χ0n) is 6.25. The Hall–Kier alpha value is 0.0700. The number of thiazole rings is 1. The van der Waals surface area contributed by atoms with E-state index in [0.29, 0.717) is 0 Å². The molecule has 0 saturated carbocycles. The molecule has 1 atom stereocenters. The van der Waals surface area contributed by atoms with Crippen molar-refractivity contribution >= 4 is 27.3 Å². The van der Waals surface area contributed by atoms with Crippen LogP contribution in [0.15, 0.2) is 9.98 Å². The molecule has 0 aliphatic rings. The molecule has 0 aliphatic heterocycles. The minimum absolute atomic E-state index is 0.378. The molecule has 0 saturated heterocycles. The van der Waals surface area contributed by atoms with Gasteiger partial charge in [0.1, 0.15) is 15.7 Å². The number of halogens is 1. The normalized spacial score (nSPS) is 13.4. The van der Waals surface area contributed by atoms with Crippen LogP contribution in [0.5, 0.6) is 0 Å². The minimum atomic E-state index is -0.378. The van der Waals surface area contributed by atoms with Crippen molar-refractivity contribution in [2.75, 3.05) is 0 Å². The molecule has 1 N–H and O–H groups in total. The van der Waals surface area contributed by atoms with E-state index in [0.717, 1.165) is 22.5 Å². The molecule has 0 fully saturated rings. The number of aromatic nitrogens is 1. The predicted octanol–water partition coefficient (Wildman–Crippen LogP) is 2.74. The van der Waals surface area contributed by atoms with Crippen LogP contribution in [0.3, 0.4) is 0 Å². The van der Waals surface area contributed by atoms with Crippen LogP contribution in [-0.2, 0) is 0 Å². The summed E-state index contributed by atoms with van der Waals surface area (Å²) in [5, 5.41) is 12.1. The van der Waals surface area contributed by atoms with Gasteiger partial charge in [-0.25, -0.2) is 4.98 Å². The van der Waals surface area contributed by atoms with E-state index in [1.165, 1.54) is 11.3 Å². The van der Waals surface area contributed by atoms with E-state index in [9.17, 15) is 5.11 Å². The van der Waals surface area contributed by atoms with Crippen LogP contribution >= 0.6 is 27.3 Å². The summed E-state index contributed by atoms with van der Waals surface area (Å²) in [6.45, 7) is 2.05. The van der Waals surface area contributed by atoms with Crippen LogP contribution in [0.2, 0.25) is 0 Å². The van der Waals surface area contributed by atoms with E-state index in [4.69, 9.17) is 0 Å². The van der Waals surface area contributed by atoms with Crippen LogP contribution in [0.1, 0.15) is 30.9 Å². The Balaban J connectivity index is 2.60. The van der Waals surface area contributed by atoms with Crippen LogP contribution in [0, 0.1) is 0 Å². The quantitative estimate of drug-likeness (QED) is 0.875. The molecule has 0 bridgehead atoms. The summed E-state index contributed by atoms with van der Waals surface area (Å²) >= 11 is 4.73. The van der Waals surface area contributed by atoms with E-state index in [2.05, 4.69) is 20.9 Å². The molecule has 0 amide bonds. The summed E-state index contributed by atoms with van der Waals surface area (Å²) < 4.78 is 0.813. The maximum absolute atomic E-state index is 9.46. The number of nitrogens with zero attached hydrogens (tertiary/aromatic N) is 1. The Bertz CT molecular complexity index is 226. The molecule has 1 aromatic heterocycles. The molecule has 0 radical (unpaired) electrons. The zero-order chi connectivity index (χ0) is 8.27. The SMILES string of the molecule is CCCC(O)c1nc(Br)cs1. The molecule has 62 valence electrons. The van der Waals surface area contributed by atoms with Crippen LogP contribution < -0.4 is 0 Å². The van der Waals surface area contributed by atoms with E-state index in [1.54, 1.807) is 0 Å². The number of rotatable bonds is 3. The Labute approximate surface area is 78.4 Å². The first-order valence-corrected chi connectivity index (χ1v) is 5.20. The lowest BCUT2D eigenvalue weighted by Crippen LogP contribution is -1.94. The molecule has 0 aromatic carbocycles. The molecular weight excluding hydrogens is 226 g/mol. The number of aliphatic hydroxyl groups excluding tert-OH is 1. The molecule has 1 heterocycles. The highest BCUT2D eigenvalue weighted by atomic mass is 79.9. The fourth-order valence-corrected chi connectivity index (χ4v) is 2.10. The summed E-state index contributed by atoms with van der Waals surface area (Å²) in [5.74, 6) is 0. The first kappa shape index (κ1) is 9.16. The second-order valence-corrected chi connectivity index (χ2v) is 4.02. The topological polar surface area (TPSA) is 33.1 Å². The third kappa shape index (κ3) is 2.54. The number of hydrogen-bond acceptors (Lipinski definition) is 3. The molecule has 4 heteroatoms. The van der Waals surface area contributed by atoms with E-state index < -0.39 is 0 Å². The molecule has 11 heavy (non-hydrogen) atoms. The van der Waals surface area contributed by atoms with Gasteiger partial charge in [0.25, 0.3) is 0 Å². The van der Waals surface area contributed by atoms with Gasteiger partial charge in [-0.2, -0.15) is 0 Å². The Morgan fingerprint density at radius 3 is 3.00 bits per heavy atom. The molecule has 0 spiro atoms. The lowest BCUT2D eigenvalue weighted by atomic mass is 10.2. The van der Waals surface area contributed by atoms with Crippen molar-refractivity contribution in [1.29, 1.82) is 0 Å². The van der Waals surface area contributed by atoms with Crippen molar-refractivity contribution in [1.82, 2.24) is 4.98 Å². The third-order valence-electron chi connectivity index (χ3n) is 1.34. The van der Waals surface area contributed by atoms with Crippen LogP contribution in [0.4, 0.5) is 0 Å². The predicted molar refractivity (Wildman–Crippen MR) is 49.7 cm³/mol. The highest BCUT2D eigenvalue weighted by Gasteiger charge is 2.09. The fourth-order valence-electron chi connectivity index (χ4n) is 0.817. The second-order valence-electron chi connectivity index (χ2n) is 2.31. The highest BCUT2D eigenvalue weighted by molar-refractivity contribution is 9.10. The second kappa shape index (κ2) is 4.18. The van der Waals surface area contributed by atoms with Gasteiger partial charge in [0.2, 0.25) is 0 Å². The molecular formula is C7H10BrNOS. The van der Waals surface area contributed by atoms with Gasteiger partial charge in [-0.1, -0.05) is 13.3 Å². The number of aliphatic hydroxyl groups is 1. The monoisotopic (exact) mass is 235 g/mol. The van der Waals surface area contributed by atoms with E-state index in [1.807, 2.05) is 12.3 Å². The van der Waals surface area contributed by atoms with Gasteiger partial charge in [0.05, 0.1) is 0 Å². The third-order valence-corrected chi connectivity index (χ3v) is 3.00. The van der Waals surface area contributed by atoms with Gasteiger partial charge >= 0.3 is 0 Å². The first-order chi connectivity index (χ1) is 5.24. The minimum Gasteiger partial charge on any atom is -0.386 e. The van der Waals surface area contributed by atoms with Crippen LogP contribution in [-0.4, -0.2) is 10.1 Å². The molecule has 2 nitrogen and oxygen atoms in total. The molecule has 0 aliphatic carbocycles. The van der Waals surface area contributed by atoms with Gasteiger partial charge in [-0.15, -0.1) is 11.3 Å². The van der Waals surface area contributed by atoms with E-state index >= 15 is 0 Å². The van der Waals surface area contributed by atoms with E-state index in [-0.39, 0.29) is 6.10 Å². The van der Waals surface area contributed by atoms with Crippen molar-refractivity contribution in [3.8, 4) is 0 Å². The molecule has 1 rings (SSSR count). The van der Waals surface area contributed by atoms with Crippen molar-refractivity contribution in [2.24, 2.45) is 0 Å². The molecule has 1 aromatic rings. The smallest absolute Gasteiger partial charge is 0.123 e.